The number of allylic oxidation sites excluding steroid dienone is 3. The van der Waals surface area contributed by atoms with E-state index < -0.39 is 35.6 Å². The number of carbonyl (C=O) groups excluding carboxylic acids is 3. The molecule has 8 nitrogen and oxygen atoms in total. The van der Waals surface area contributed by atoms with Crippen molar-refractivity contribution in [3.05, 3.63) is 58.8 Å². The van der Waals surface area contributed by atoms with E-state index >= 15 is 0 Å². The molecule has 3 N–H and O–H groups in total. The molecule has 1 aliphatic carbocycles. The van der Waals surface area contributed by atoms with Crippen molar-refractivity contribution in [3.8, 4) is 0 Å². The highest BCUT2D eigenvalue weighted by Crippen LogP contribution is 2.32. The summed E-state index contributed by atoms with van der Waals surface area (Å²) >= 11 is 0. The Hall–Kier alpha value is -3.68. The number of likely N-dealkylation sites (tertiary alicyclic amines) is 1. The number of rotatable bonds is 7. The summed E-state index contributed by atoms with van der Waals surface area (Å²) in [5.74, 6) is -3.51. The van der Waals surface area contributed by atoms with Gasteiger partial charge in [0.25, 0.3) is 5.91 Å². The maximum Gasteiger partial charge on any atom is 0.471 e. The number of nitrogens with zero attached hydrogens (tertiary/aromatic N) is 2. The lowest BCUT2D eigenvalue weighted by molar-refractivity contribution is -0.171. The van der Waals surface area contributed by atoms with Gasteiger partial charge < -0.3 is 16.0 Å². The summed E-state index contributed by atoms with van der Waals surface area (Å²) in [6.07, 6.45) is -3.86. The van der Waals surface area contributed by atoms with Crippen molar-refractivity contribution >= 4 is 23.6 Å². The predicted molar refractivity (Wildman–Crippen MR) is 139 cm³/mol. The molecule has 0 radical (unpaired) electrons. The Bertz CT molecular complexity index is 1220. The van der Waals surface area contributed by atoms with Gasteiger partial charge in [0.2, 0.25) is 5.91 Å². The minimum Gasteiger partial charge on any atom is -0.349 e. The lowest BCUT2D eigenvalue weighted by Crippen LogP contribution is -2.63. The number of halogens is 6. The van der Waals surface area contributed by atoms with Gasteiger partial charge in [0.05, 0.1) is 18.2 Å². The van der Waals surface area contributed by atoms with Crippen molar-refractivity contribution in [3.63, 3.8) is 0 Å². The number of hydrogen-bond donors (Lipinski definition) is 3. The summed E-state index contributed by atoms with van der Waals surface area (Å²) in [5.41, 5.74) is 0.398. The number of amidine groups is 1. The first kappa shape index (κ1) is 31.8. The van der Waals surface area contributed by atoms with Gasteiger partial charge in [0, 0.05) is 30.4 Å². The molecule has 0 unspecified atom stereocenters. The van der Waals surface area contributed by atoms with Gasteiger partial charge in [-0.25, -0.2) is 4.99 Å². The van der Waals surface area contributed by atoms with Crippen LogP contribution in [0.2, 0.25) is 0 Å². The van der Waals surface area contributed by atoms with Crippen LogP contribution in [0.15, 0.2) is 52.7 Å². The number of aliphatic imine (C=N–C) groups is 1. The number of alkyl halides is 6. The third-order valence-electron chi connectivity index (χ3n) is 6.83. The second kappa shape index (κ2) is 13.3. The molecule has 0 bridgehead atoms. The molecule has 2 aliphatic rings. The minimum atomic E-state index is -5.02. The molecule has 2 fully saturated rings. The Morgan fingerprint density at radius 1 is 1.07 bits per heavy atom. The first-order valence-electron chi connectivity index (χ1n) is 12.9. The van der Waals surface area contributed by atoms with Gasteiger partial charge in [-0.2, -0.15) is 26.3 Å². The fraction of sp³-hybridized carbons (Fsp3) is 0.481. The van der Waals surface area contributed by atoms with E-state index in [1.807, 2.05) is 0 Å². The third-order valence-corrected chi connectivity index (χ3v) is 6.83. The van der Waals surface area contributed by atoms with E-state index in [-0.39, 0.29) is 30.0 Å². The van der Waals surface area contributed by atoms with Crippen LogP contribution in [0.25, 0.3) is 0 Å². The van der Waals surface area contributed by atoms with Crippen molar-refractivity contribution in [2.75, 3.05) is 19.6 Å². The molecule has 14 heteroatoms. The lowest BCUT2D eigenvalue weighted by atomic mass is 9.87. The van der Waals surface area contributed by atoms with E-state index in [9.17, 15) is 40.7 Å². The number of hydrogen-bond acceptors (Lipinski definition) is 5. The predicted octanol–water partition coefficient (Wildman–Crippen LogP) is 4.11. The monoisotopic (exact) mass is 587 g/mol. The van der Waals surface area contributed by atoms with Crippen molar-refractivity contribution in [1.29, 1.82) is 0 Å². The summed E-state index contributed by atoms with van der Waals surface area (Å²) in [5, 5.41) is 6.90. The average Bonchev–Trinajstić information content (AvgIpc) is 2.88. The molecule has 0 atom stereocenters. The molecule has 1 heterocycles. The number of amides is 3. The maximum absolute atomic E-state index is 12.8. The Morgan fingerprint density at radius 3 is 2.32 bits per heavy atom. The molecule has 3 amide bonds. The summed E-state index contributed by atoms with van der Waals surface area (Å²) in [6, 6.07) is 4.06. The molecule has 224 valence electrons. The molecule has 41 heavy (non-hydrogen) atoms. The minimum absolute atomic E-state index is 0.128. The van der Waals surface area contributed by atoms with Crippen molar-refractivity contribution in [2.45, 2.75) is 64.0 Å². The maximum atomic E-state index is 12.8. The normalized spacial score (nSPS) is 19.1. The van der Waals surface area contributed by atoms with Crippen molar-refractivity contribution < 1.29 is 40.7 Å². The second-order valence-corrected chi connectivity index (χ2v) is 9.85. The molecule has 1 saturated carbocycles. The Kier molecular flexibility index (Phi) is 10.3. The van der Waals surface area contributed by atoms with E-state index in [0.717, 1.165) is 36.6 Å². The summed E-state index contributed by atoms with van der Waals surface area (Å²) in [6.45, 7) is 4.12. The van der Waals surface area contributed by atoms with Crippen LogP contribution in [0, 0.1) is 0 Å². The fourth-order valence-corrected chi connectivity index (χ4v) is 4.67. The molecule has 1 aliphatic heterocycles. The zero-order valence-corrected chi connectivity index (χ0v) is 22.5. The average molecular weight is 588 g/mol. The molecule has 1 saturated heterocycles. The van der Waals surface area contributed by atoms with Gasteiger partial charge in [-0.1, -0.05) is 12.1 Å². The molecule has 1 aromatic carbocycles. The van der Waals surface area contributed by atoms with Crippen molar-refractivity contribution in [2.24, 2.45) is 4.99 Å². The molecule has 0 spiro atoms. The highest BCUT2D eigenvalue weighted by atomic mass is 19.4. The van der Waals surface area contributed by atoms with Crippen LogP contribution in [-0.2, 0) is 15.8 Å². The SMILES string of the molecule is C/C=C\C(=NC(C)=C1CCC(N2CC(NC(=O)CNC(=O)c3cccc(C(F)(F)F)c3)C2)CC1)NC(=O)C(F)(F)F. The van der Waals surface area contributed by atoms with Crippen LogP contribution >= 0.6 is 0 Å². The second-order valence-electron chi connectivity index (χ2n) is 9.85. The number of carbonyl (C=O) groups is 3. The van der Waals surface area contributed by atoms with Crippen LogP contribution in [-0.4, -0.2) is 66.4 Å². The van der Waals surface area contributed by atoms with Crippen LogP contribution < -0.4 is 16.0 Å². The summed E-state index contributed by atoms with van der Waals surface area (Å²) in [4.78, 5) is 42.1. The van der Waals surface area contributed by atoms with Crippen LogP contribution in [0.3, 0.4) is 0 Å². The fourth-order valence-electron chi connectivity index (χ4n) is 4.67. The van der Waals surface area contributed by atoms with Gasteiger partial charge in [0.15, 0.2) is 0 Å². The Morgan fingerprint density at radius 2 is 1.73 bits per heavy atom. The first-order chi connectivity index (χ1) is 19.2. The third kappa shape index (κ3) is 9.17. The van der Waals surface area contributed by atoms with Gasteiger partial charge in [0.1, 0.15) is 5.84 Å². The Labute approximate surface area is 232 Å². The molecule has 0 aromatic heterocycles. The topological polar surface area (TPSA) is 103 Å². The highest BCUT2D eigenvalue weighted by molar-refractivity contribution is 6.06. The quantitative estimate of drug-likeness (QED) is 0.254. The molecular weight excluding hydrogens is 556 g/mol. The van der Waals surface area contributed by atoms with Crippen LogP contribution in [0.5, 0.6) is 0 Å². The van der Waals surface area contributed by atoms with Gasteiger partial charge in [-0.3, -0.25) is 19.3 Å². The van der Waals surface area contributed by atoms with E-state index in [0.29, 0.717) is 31.6 Å². The standard InChI is InChI=1S/C27H31F6N5O3/c1-3-5-22(37-25(41)27(31,32)33)35-16(2)17-8-10-21(11-9-17)38-14-20(15-38)36-23(39)13-34-24(40)18-6-4-7-19(12-18)26(28,29)30/h3-7,12,20-21H,8-11,13-15H2,1-2H3,(H,34,40)(H,36,39)(H,35,37,41)/b5-3-,17-16?. The van der Waals surface area contributed by atoms with Gasteiger partial charge in [-0.05, 0) is 69.4 Å². The van der Waals surface area contributed by atoms with E-state index in [4.69, 9.17) is 0 Å². The summed E-state index contributed by atoms with van der Waals surface area (Å²) < 4.78 is 76.3. The van der Waals surface area contributed by atoms with Gasteiger partial charge in [-0.15, -0.1) is 0 Å². The van der Waals surface area contributed by atoms with Crippen LogP contribution in [0.4, 0.5) is 26.3 Å². The smallest absolute Gasteiger partial charge is 0.349 e. The van der Waals surface area contributed by atoms with Crippen molar-refractivity contribution in [1.82, 2.24) is 20.9 Å². The Balaban J connectivity index is 1.42. The zero-order valence-electron chi connectivity index (χ0n) is 22.5. The largest absolute Gasteiger partial charge is 0.471 e. The summed E-state index contributed by atoms with van der Waals surface area (Å²) in [7, 11) is 0. The molecule has 1 aromatic rings. The molecule has 3 rings (SSSR count). The van der Waals surface area contributed by atoms with Crippen LogP contribution in [0.1, 0.15) is 55.5 Å². The first-order valence-corrected chi connectivity index (χ1v) is 12.9. The highest BCUT2D eigenvalue weighted by Gasteiger charge is 2.39. The molecular formula is C27H31F6N5O3. The number of nitrogens with one attached hydrogen (secondary N) is 3. The zero-order chi connectivity index (χ0) is 30.4. The lowest BCUT2D eigenvalue weighted by Gasteiger charge is -2.46. The van der Waals surface area contributed by atoms with Gasteiger partial charge >= 0.3 is 18.3 Å². The number of benzene rings is 1. The van der Waals surface area contributed by atoms with E-state index in [2.05, 4.69) is 20.5 Å². The van der Waals surface area contributed by atoms with E-state index in [1.54, 1.807) is 19.2 Å². The van der Waals surface area contributed by atoms with E-state index in [1.165, 1.54) is 18.2 Å².